The van der Waals surface area contributed by atoms with Crippen LogP contribution in [0.15, 0.2) is 212 Å². The minimum atomic E-state index is 1.10. The van der Waals surface area contributed by atoms with Crippen molar-refractivity contribution in [1.82, 2.24) is 0 Å². The monoisotopic (exact) mass is 673 g/mol. The standard InChI is InChI=1S/C52H35N/c1-3-16-36(17-4-1)39-21-15-22-42(34-39)53(50-35-40-20-7-8-23-43(40)44-24-9-12-27-47(44)50)41-32-30-38(31-33-41)52-49-29-14-11-26-46(49)45-25-10-13-28-48(45)51(52)37-18-5-2-6-19-37/h1-35H. The summed E-state index contributed by atoms with van der Waals surface area (Å²) in [4.78, 5) is 2.43. The molecule has 1 nitrogen and oxygen atoms in total. The fourth-order valence-electron chi connectivity index (χ4n) is 8.22. The van der Waals surface area contributed by atoms with Crippen LogP contribution in [0.3, 0.4) is 0 Å². The molecule has 0 atom stereocenters. The summed E-state index contributed by atoms with van der Waals surface area (Å²) in [6.07, 6.45) is 0. The topological polar surface area (TPSA) is 3.24 Å². The largest absolute Gasteiger partial charge is 0.310 e. The van der Waals surface area contributed by atoms with Crippen LogP contribution in [0.1, 0.15) is 0 Å². The summed E-state index contributed by atoms with van der Waals surface area (Å²) in [7, 11) is 0. The minimum Gasteiger partial charge on any atom is -0.310 e. The predicted molar refractivity (Wildman–Crippen MR) is 227 cm³/mol. The Morgan fingerprint density at radius 3 is 1.32 bits per heavy atom. The Hall–Kier alpha value is -6.96. The smallest absolute Gasteiger partial charge is 0.0546 e. The van der Waals surface area contributed by atoms with Crippen molar-refractivity contribution in [2.75, 3.05) is 4.90 Å². The Labute approximate surface area is 309 Å². The lowest BCUT2D eigenvalue weighted by Gasteiger charge is -2.28. The molecule has 0 amide bonds. The molecule has 0 bridgehead atoms. The molecule has 0 saturated heterocycles. The van der Waals surface area contributed by atoms with Gasteiger partial charge in [0.1, 0.15) is 0 Å². The lowest BCUT2D eigenvalue weighted by atomic mass is 9.85. The van der Waals surface area contributed by atoms with E-state index in [1.54, 1.807) is 0 Å². The first-order chi connectivity index (χ1) is 26.3. The van der Waals surface area contributed by atoms with Gasteiger partial charge in [0.25, 0.3) is 0 Å². The molecule has 0 aliphatic heterocycles. The molecule has 0 aliphatic rings. The molecule has 0 aliphatic carbocycles. The zero-order chi connectivity index (χ0) is 35.1. The second-order valence-electron chi connectivity index (χ2n) is 13.7. The van der Waals surface area contributed by atoms with Crippen LogP contribution in [0.4, 0.5) is 17.1 Å². The average molecular weight is 674 g/mol. The Morgan fingerprint density at radius 1 is 0.245 bits per heavy atom. The third kappa shape index (κ3) is 5.34. The molecule has 0 saturated carbocycles. The maximum atomic E-state index is 2.43. The lowest BCUT2D eigenvalue weighted by molar-refractivity contribution is 1.30. The highest BCUT2D eigenvalue weighted by Gasteiger charge is 2.20. The number of hydrogen-bond acceptors (Lipinski definition) is 1. The molecule has 0 spiro atoms. The summed E-state index contributed by atoms with van der Waals surface area (Å²) >= 11 is 0. The Bertz CT molecular complexity index is 2930. The average Bonchev–Trinajstić information content (AvgIpc) is 3.24. The van der Waals surface area contributed by atoms with Crippen LogP contribution in [0.25, 0.3) is 76.5 Å². The minimum absolute atomic E-state index is 1.10. The second-order valence-corrected chi connectivity index (χ2v) is 13.7. The van der Waals surface area contributed by atoms with Gasteiger partial charge in [-0.25, -0.2) is 0 Å². The maximum Gasteiger partial charge on any atom is 0.0546 e. The molecule has 0 N–H and O–H groups in total. The highest BCUT2D eigenvalue weighted by Crippen LogP contribution is 2.47. The number of fused-ring (bicyclic) bond motifs is 6. The Morgan fingerprint density at radius 2 is 0.698 bits per heavy atom. The molecule has 1 heteroatoms. The third-order valence-electron chi connectivity index (χ3n) is 10.6. The van der Waals surface area contributed by atoms with Gasteiger partial charge in [-0.05, 0) is 101 Å². The number of rotatable bonds is 6. The van der Waals surface area contributed by atoms with Crippen molar-refractivity contribution in [3.63, 3.8) is 0 Å². The van der Waals surface area contributed by atoms with Crippen molar-refractivity contribution < 1.29 is 0 Å². The SMILES string of the molecule is c1ccc(-c2cccc(N(c3ccc(-c4c(-c5ccccc5)c5ccccc5c5ccccc45)cc3)c3cc4ccccc4c4ccccc34)c2)cc1. The number of hydrogen-bond donors (Lipinski definition) is 0. The second kappa shape index (κ2) is 13.0. The molecule has 0 aromatic heterocycles. The van der Waals surface area contributed by atoms with Crippen LogP contribution in [0.5, 0.6) is 0 Å². The van der Waals surface area contributed by atoms with Gasteiger partial charge in [0, 0.05) is 16.8 Å². The predicted octanol–water partition coefficient (Wildman–Crippen LogP) is 14.8. The quantitative estimate of drug-likeness (QED) is 0.159. The van der Waals surface area contributed by atoms with E-state index in [1.807, 2.05) is 0 Å². The van der Waals surface area contributed by atoms with Crippen LogP contribution in [-0.4, -0.2) is 0 Å². The van der Waals surface area contributed by atoms with Gasteiger partial charge in [-0.1, -0.05) is 182 Å². The van der Waals surface area contributed by atoms with Gasteiger partial charge in [-0.3, -0.25) is 0 Å². The fraction of sp³-hybridized carbons (Fsp3) is 0. The Kier molecular flexibility index (Phi) is 7.55. The lowest BCUT2D eigenvalue weighted by Crippen LogP contribution is -2.11. The van der Waals surface area contributed by atoms with E-state index >= 15 is 0 Å². The van der Waals surface area contributed by atoms with E-state index in [2.05, 4.69) is 217 Å². The number of anilines is 3. The molecule has 0 radical (unpaired) electrons. The summed E-state index contributed by atoms with van der Waals surface area (Å²) in [5, 5.41) is 10.0. The van der Waals surface area contributed by atoms with Gasteiger partial charge < -0.3 is 4.90 Å². The normalized spacial score (nSPS) is 11.4. The molecule has 53 heavy (non-hydrogen) atoms. The summed E-state index contributed by atoms with van der Waals surface area (Å²) in [6, 6.07) is 77.2. The molecule has 10 aromatic rings. The number of nitrogens with zero attached hydrogens (tertiary/aromatic N) is 1. The van der Waals surface area contributed by atoms with Crippen LogP contribution in [-0.2, 0) is 0 Å². The van der Waals surface area contributed by atoms with Crippen molar-refractivity contribution in [3.8, 4) is 33.4 Å². The van der Waals surface area contributed by atoms with Crippen molar-refractivity contribution in [2.24, 2.45) is 0 Å². The molecule has 10 rings (SSSR count). The van der Waals surface area contributed by atoms with Crippen LogP contribution in [0, 0.1) is 0 Å². The van der Waals surface area contributed by atoms with E-state index in [1.165, 1.54) is 76.5 Å². The van der Waals surface area contributed by atoms with Crippen molar-refractivity contribution in [2.45, 2.75) is 0 Å². The summed E-state index contributed by atoms with van der Waals surface area (Å²) in [5.74, 6) is 0. The molecule has 0 heterocycles. The van der Waals surface area contributed by atoms with Gasteiger partial charge >= 0.3 is 0 Å². The van der Waals surface area contributed by atoms with E-state index in [0.717, 1.165) is 17.1 Å². The van der Waals surface area contributed by atoms with E-state index in [0.29, 0.717) is 0 Å². The van der Waals surface area contributed by atoms with Gasteiger partial charge in [0.05, 0.1) is 5.69 Å². The molecule has 0 unspecified atom stereocenters. The van der Waals surface area contributed by atoms with Crippen LogP contribution >= 0.6 is 0 Å². The third-order valence-corrected chi connectivity index (χ3v) is 10.6. The van der Waals surface area contributed by atoms with Crippen molar-refractivity contribution in [3.05, 3.63) is 212 Å². The molecule has 10 aromatic carbocycles. The van der Waals surface area contributed by atoms with E-state index in [9.17, 15) is 0 Å². The van der Waals surface area contributed by atoms with Crippen LogP contribution < -0.4 is 4.90 Å². The first-order valence-electron chi connectivity index (χ1n) is 18.3. The molecular formula is C52H35N. The maximum absolute atomic E-state index is 2.43. The van der Waals surface area contributed by atoms with Gasteiger partial charge in [0.2, 0.25) is 0 Å². The van der Waals surface area contributed by atoms with Gasteiger partial charge in [-0.15, -0.1) is 0 Å². The summed E-state index contributed by atoms with van der Waals surface area (Å²) < 4.78 is 0. The van der Waals surface area contributed by atoms with E-state index in [-0.39, 0.29) is 0 Å². The zero-order valence-corrected chi connectivity index (χ0v) is 29.2. The molecular weight excluding hydrogens is 639 g/mol. The highest BCUT2D eigenvalue weighted by molar-refractivity contribution is 6.21. The van der Waals surface area contributed by atoms with Crippen molar-refractivity contribution in [1.29, 1.82) is 0 Å². The Balaban J connectivity index is 1.22. The van der Waals surface area contributed by atoms with E-state index < -0.39 is 0 Å². The van der Waals surface area contributed by atoms with Crippen molar-refractivity contribution >= 4 is 60.2 Å². The van der Waals surface area contributed by atoms with Gasteiger partial charge in [-0.2, -0.15) is 0 Å². The first kappa shape index (κ1) is 30.8. The fourth-order valence-corrected chi connectivity index (χ4v) is 8.22. The zero-order valence-electron chi connectivity index (χ0n) is 29.2. The highest BCUT2D eigenvalue weighted by atomic mass is 15.1. The number of benzene rings is 10. The summed E-state index contributed by atoms with van der Waals surface area (Å²) in [5.41, 5.74) is 10.7. The summed E-state index contributed by atoms with van der Waals surface area (Å²) in [6.45, 7) is 0. The molecule has 0 fully saturated rings. The van der Waals surface area contributed by atoms with Gasteiger partial charge in [0.15, 0.2) is 0 Å². The van der Waals surface area contributed by atoms with E-state index in [4.69, 9.17) is 0 Å². The van der Waals surface area contributed by atoms with Crippen LogP contribution in [0.2, 0.25) is 0 Å². The molecule has 248 valence electrons. The first-order valence-corrected chi connectivity index (χ1v) is 18.3.